The van der Waals surface area contributed by atoms with Crippen LogP contribution < -0.4 is 5.32 Å². The molecule has 1 heteroatoms. The van der Waals surface area contributed by atoms with Crippen molar-refractivity contribution in [2.75, 3.05) is 6.54 Å². The summed E-state index contributed by atoms with van der Waals surface area (Å²) in [5.74, 6) is 0.990. The van der Waals surface area contributed by atoms with E-state index < -0.39 is 0 Å². The van der Waals surface area contributed by atoms with E-state index >= 15 is 0 Å². The highest BCUT2D eigenvalue weighted by Gasteiger charge is 2.21. The van der Waals surface area contributed by atoms with Crippen LogP contribution in [0.15, 0.2) is 30.3 Å². The Morgan fingerprint density at radius 1 is 1.27 bits per heavy atom. The molecule has 0 radical (unpaired) electrons. The molecule has 0 saturated heterocycles. The summed E-state index contributed by atoms with van der Waals surface area (Å²) in [6, 6.07) is 11.4. The van der Waals surface area contributed by atoms with Gasteiger partial charge in [-0.3, -0.25) is 0 Å². The summed E-state index contributed by atoms with van der Waals surface area (Å²) in [6.07, 6.45) is 5.33. The average Bonchev–Trinajstić information content (AvgIpc) is 3.09. The number of benzene rings is 1. The third kappa shape index (κ3) is 4.05. The highest BCUT2D eigenvalue weighted by atomic mass is 14.9. The summed E-state index contributed by atoms with van der Waals surface area (Å²) >= 11 is 0. The molecule has 1 aromatic carbocycles. The fraction of sp³-hybridized carbons (Fsp3) is 0.571. The zero-order chi connectivity index (χ0) is 10.5. The van der Waals surface area contributed by atoms with Crippen molar-refractivity contribution in [3.63, 3.8) is 0 Å². The van der Waals surface area contributed by atoms with Gasteiger partial charge in [0.15, 0.2) is 0 Å². The van der Waals surface area contributed by atoms with Crippen LogP contribution in [0.3, 0.4) is 0 Å². The van der Waals surface area contributed by atoms with Crippen molar-refractivity contribution in [2.24, 2.45) is 5.92 Å². The first-order valence-electron chi connectivity index (χ1n) is 6.12. The molecule has 1 aliphatic carbocycles. The quantitative estimate of drug-likeness (QED) is 0.749. The zero-order valence-corrected chi connectivity index (χ0v) is 9.58. The second kappa shape index (κ2) is 5.32. The Bertz CT molecular complexity index is 277. The SMILES string of the molecule is CC(CCc1ccccc1)NCC1CC1. The molecule has 0 spiro atoms. The molecule has 0 heterocycles. The molecule has 1 nitrogen and oxygen atoms in total. The predicted molar refractivity (Wildman–Crippen MR) is 65.0 cm³/mol. The van der Waals surface area contributed by atoms with Gasteiger partial charge in [-0.15, -0.1) is 0 Å². The van der Waals surface area contributed by atoms with Gasteiger partial charge < -0.3 is 5.32 Å². The molecule has 1 aliphatic rings. The van der Waals surface area contributed by atoms with Crippen LogP contribution in [0.5, 0.6) is 0 Å². The smallest absolute Gasteiger partial charge is 0.00420 e. The predicted octanol–water partition coefficient (Wildman–Crippen LogP) is 3.01. The molecule has 2 rings (SSSR count). The van der Waals surface area contributed by atoms with Gasteiger partial charge >= 0.3 is 0 Å². The normalized spacial score (nSPS) is 17.7. The highest BCUT2D eigenvalue weighted by Crippen LogP contribution is 2.27. The van der Waals surface area contributed by atoms with Crippen LogP contribution in [0.2, 0.25) is 0 Å². The first-order chi connectivity index (χ1) is 7.34. The molecule has 1 fully saturated rings. The van der Waals surface area contributed by atoms with Crippen LogP contribution in [0.25, 0.3) is 0 Å². The number of nitrogens with one attached hydrogen (secondary N) is 1. The Labute approximate surface area is 92.9 Å². The van der Waals surface area contributed by atoms with Crippen molar-refractivity contribution >= 4 is 0 Å². The van der Waals surface area contributed by atoms with Gasteiger partial charge in [-0.1, -0.05) is 30.3 Å². The van der Waals surface area contributed by atoms with E-state index in [0.29, 0.717) is 6.04 Å². The van der Waals surface area contributed by atoms with Gasteiger partial charge in [0.05, 0.1) is 0 Å². The van der Waals surface area contributed by atoms with Crippen LogP contribution in [0.4, 0.5) is 0 Å². The maximum Gasteiger partial charge on any atom is 0.00420 e. The fourth-order valence-electron chi connectivity index (χ4n) is 1.82. The van der Waals surface area contributed by atoms with Crippen molar-refractivity contribution in [2.45, 2.75) is 38.6 Å². The van der Waals surface area contributed by atoms with Crippen molar-refractivity contribution in [3.05, 3.63) is 35.9 Å². The minimum atomic E-state index is 0.658. The minimum absolute atomic E-state index is 0.658. The van der Waals surface area contributed by atoms with Crippen molar-refractivity contribution < 1.29 is 0 Å². The molecular weight excluding hydrogens is 182 g/mol. The van der Waals surface area contributed by atoms with Gasteiger partial charge in [0, 0.05) is 6.04 Å². The third-order valence-electron chi connectivity index (χ3n) is 3.16. The van der Waals surface area contributed by atoms with Crippen LogP contribution in [-0.2, 0) is 6.42 Å². The molecule has 1 N–H and O–H groups in total. The number of hydrogen-bond acceptors (Lipinski definition) is 1. The van der Waals surface area contributed by atoms with E-state index in [1.807, 2.05) is 0 Å². The van der Waals surface area contributed by atoms with Gasteiger partial charge in [-0.05, 0) is 50.6 Å². The van der Waals surface area contributed by atoms with Gasteiger partial charge in [0.25, 0.3) is 0 Å². The molecule has 1 unspecified atom stereocenters. The van der Waals surface area contributed by atoms with E-state index in [2.05, 4.69) is 42.6 Å². The molecule has 82 valence electrons. The lowest BCUT2D eigenvalue weighted by molar-refractivity contribution is 0.499. The maximum absolute atomic E-state index is 3.61. The Morgan fingerprint density at radius 3 is 2.67 bits per heavy atom. The lowest BCUT2D eigenvalue weighted by atomic mass is 10.1. The van der Waals surface area contributed by atoms with Crippen molar-refractivity contribution in [1.29, 1.82) is 0 Å². The molecule has 0 aliphatic heterocycles. The lowest BCUT2D eigenvalue weighted by Gasteiger charge is -2.13. The Kier molecular flexibility index (Phi) is 3.79. The summed E-state index contributed by atoms with van der Waals surface area (Å²) < 4.78 is 0. The molecule has 1 atom stereocenters. The summed E-state index contributed by atoms with van der Waals surface area (Å²) in [5.41, 5.74) is 1.46. The second-order valence-corrected chi connectivity index (χ2v) is 4.78. The van der Waals surface area contributed by atoms with Crippen LogP contribution in [-0.4, -0.2) is 12.6 Å². The Morgan fingerprint density at radius 2 is 2.00 bits per heavy atom. The third-order valence-corrected chi connectivity index (χ3v) is 3.16. The standard InChI is InChI=1S/C14H21N/c1-12(15-11-14-9-10-14)7-8-13-5-3-2-4-6-13/h2-6,12,14-15H,7-11H2,1H3. The minimum Gasteiger partial charge on any atom is -0.314 e. The first kappa shape index (κ1) is 10.7. The second-order valence-electron chi connectivity index (χ2n) is 4.78. The maximum atomic E-state index is 3.61. The lowest BCUT2D eigenvalue weighted by Crippen LogP contribution is -2.28. The topological polar surface area (TPSA) is 12.0 Å². The molecule has 15 heavy (non-hydrogen) atoms. The van der Waals surface area contributed by atoms with Crippen molar-refractivity contribution in [3.8, 4) is 0 Å². The van der Waals surface area contributed by atoms with Crippen LogP contribution in [0, 0.1) is 5.92 Å². The molecule has 1 aromatic rings. The van der Waals surface area contributed by atoms with E-state index in [-0.39, 0.29) is 0 Å². The summed E-state index contributed by atoms with van der Waals surface area (Å²) in [7, 11) is 0. The molecule has 0 aromatic heterocycles. The number of aryl methyl sites for hydroxylation is 1. The van der Waals surface area contributed by atoms with Crippen molar-refractivity contribution in [1.82, 2.24) is 5.32 Å². The molecular formula is C14H21N. The molecule has 0 amide bonds. The molecule has 0 bridgehead atoms. The van der Waals surface area contributed by atoms with E-state index in [4.69, 9.17) is 0 Å². The average molecular weight is 203 g/mol. The monoisotopic (exact) mass is 203 g/mol. The largest absolute Gasteiger partial charge is 0.314 e. The van der Waals surface area contributed by atoms with E-state index in [0.717, 1.165) is 5.92 Å². The Balaban J connectivity index is 1.63. The summed E-state index contributed by atoms with van der Waals surface area (Å²) in [4.78, 5) is 0. The van der Waals surface area contributed by atoms with Gasteiger partial charge in [-0.2, -0.15) is 0 Å². The Hall–Kier alpha value is -0.820. The van der Waals surface area contributed by atoms with Gasteiger partial charge in [-0.25, -0.2) is 0 Å². The molecule has 1 saturated carbocycles. The highest BCUT2D eigenvalue weighted by molar-refractivity contribution is 5.14. The van der Waals surface area contributed by atoms with Gasteiger partial charge in [0.1, 0.15) is 0 Å². The first-order valence-corrected chi connectivity index (χ1v) is 6.12. The summed E-state index contributed by atoms with van der Waals surface area (Å²) in [5, 5.41) is 3.61. The fourth-order valence-corrected chi connectivity index (χ4v) is 1.82. The summed E-state index contributed by atoms with van der Waals surface area (Å²) in [6.45, 7) is 3.53. The van der Waals surface area contributed by atoms with E-state index in [9.17, 15) is 0 Å². The van der Waals surface area contributed by atoms with Gasteiger partial charge in [0.2, 0.25) is 0 Å². The van der Waals surface area contributed by atoms with E-state index in [1.165, 1.54) is 37.8 Å². The zero-order valence-electron chi connectivity index (χ0n) is 9.58. The number of rotatable bonds is 6. The van der Waals surface area contributed by atoms with E-state index in [1.54, 1.807) is 0 Å². The van der Waals surface area contributed by atoms with Crippen LogP contribution >= 0.6 is 0 Å². The van der Waals surface area contributed by atoms with Crippen LogP contribution in [0.1, 0.15) is 31.7 Å². The number of hydrogen-bond donors (Lipinski definition) is 1.